The molecule has 5 heteroatoms. The molecule has 2 aromatic carbocycles. The molecule has 180 valence electrons. The molecule has 2 atom stereocenters. The predicted octanol–water partition coefficient (Wildman–Crippen LogP) is 5.71. The normalized spacial score (nSPS) is 22.7. The van der Waals surface area contributed by atoms with E-state index in [1.165, 1.54) is 7.11 Å². The summed E-state index contributed by atoms with van der Waals surface area (Å²) in [6.07, 6.45) is -0.0672. The van der Waals surface area contributed by atoms with Gasteiger partial charge in [0.15, 0.2) is 11.4 Å². The molecule has 1 aliphatic rings. The van der Waals surface area contributed by atoms with Crippen LogP contribution in [0.2, 0.25) is 19.6 Å². The number of carbonyl (C=O) groups excluding carboxylic acids is 1. The number of hydrogen-bond donors (Lipinski definition) is 1. The van der Waals surface area contributed by atoms with E-state index in [1.807, 2.05) is 72.8 Å². The number of aliphatic hydroxyl groups is 1. The molecule has 1 aliphatic carbocycles. The molecule has 4 nitrogen and oxygen atoms in total. The van der Waals surface area contributed by atoms with E-state index < -0.39 is 19.3 Å². The van der Waals surface area contributed by atoms with Crippen molar-refractivity contribution in [3.05, 3.63) is 108 Å². The quantitative estimate of drug-likeness (QED) is 0.359. The van der Waals surface area contributed by atoms with Crippen molar-refractivity contribution in [3.63, 3.8) is 0 Å². The van der Waals surface area contributed by atoms with Crippen molar-refractivity contribution in [2.75, 3.05) is 7.11 Å². The Bertz CT molecular complexity index is 1320. The summed E-state index contributed by atoms with van der Waals surface area (Å²) in [5.74, 6) is 0.181. The van der Waals surface area contributed by atoms with Gasteiger partial charge in [-0.15, -0.1) is 5.73 Å². The number of carbonyl (C=O) groups is 1. The largest absolute Gasteiger partial charge is 0.468 e. The first kappa shape index (κ1) is 24.9. The minimum absolute atomic E-state index is 0.0672. The Morgan fingerprint density at radius 3 is 2.14 bits per heavy atom. The molecule has 1 N–H and O–H groups in total. The SMILES string of the molecule is C=C=C(c1ccccc1)[C@@]1(O)C[C@@](OC)(c2ccc([Si](C)(C)C)o2)C(=O)C(C)=C1c1ccccc1. The van der Waals surface area contributed by atoms with Crippen molar-refractivity contribution in [3.8, 4) is 0 Å². The molecule has 0 fully saturated rings. The van der Waals surface area contributed by atoms with Crippen molar-refractivity contribution in [2.45, 2.75) is 44.2 Å². The van der Waals surface area contributed by atoms with Crippen molar-refractivity contribution in [1.29, 1.82) is 0 Å². The van der Waals surface area contributed by atoms with Crippen LogP contribution >= 0.6 is 0 Å². The van der Waals surface area contributed by atoms with Gasteiger partial charge in [0.2, 0.25) is 0 Å². The molecule has 0 saturated heterocycles. The molecular weight excluding hydrogens is 452 g/mol. The average molecular weight is 485 g/mol. The average Bonchev–Trinajstić information content (AvgIpc) is 3.35. The third kappa shape index (κ3) is 4.11. The molecule has 0 spiro atoms. The summed E-state index contributed by atoms with van der Waals surface area (Å²) in [5, 5.41) is 13.5. The summed E-state index contributed by atoms with van der Waals surface area (Å²) < 4.78 is 12.3. The van der Waals surface area contributed by atoms with Gasteiger partial charge in [0, 0.05) is 30.2 Å². The molecule has 0 bridgehead atoms. The number of hydrogen-bond acceptors (Lipinski definition) is 4. The number of benzene rings is 2. The van der Waals surface area contributed by atoms with Gasteiger partial charge < -0.3 is 14.3 Å². The van der Waals surface area contributed by atoms with Gasteiger partial charge in [-0.05, 0) is 30.2 Å². The van der Waals surface area contributed by atoms with Crippen LogP contribution in [0.1, 0.15) is 30.2 Å². The van der Waals surface area contributed by atoms with E-state index in [-0.39, 0.29) is 12.2 Å². The maximum atomic E-state index is 14.1. The highest BCUT2D eigenvalue weighted by molar-refractivity contribution is 6.87. The first-order valence-corrected chi connectivity index (χ1v) is 15.2. The number of furan rings is 1. The lowest BCUT2D eigenvalue weighted by molar-refractivity contribution is -0.147. The fourth-order valence-electron chi connectivity index (χ4n) is 5.04. The van der Waals surface area contributed by atoms with Gasteiger partial charge in [0.05, 0.1) is 5.38 Å². The number of Topliss-reactive ketones (excluding diaryl/α,β-unsaturated/α-hetero) is 1. The molecule has 1 aromatic heterocycles. The molecule has 4 rings (SSSR count). The molecule has 0 amide bonds. The van der Waals surface area contributed by atoms with Crippen LogP contribution in [0.15, 0.2) is 95.1 Å². The zero-order valence-electron chi connectivity index (χ0n) is 21.0. The Kier molecular flexibility index (Phi) is 6.47. The second-order valence-electron chi connectivity index (χ2n) is 10.1. The fourth-order valence-corrected chi connectivity index (χ4v) is 6.04. The van der Waals surface area contributed by atoms with Crippen molar-refractivity contribution in [1.82, 2.24) is 0 Å². The third-order valence-electron chi connectivity index (χ3n) is 6.81. The second kappa shape index (κ2) is 9.10. The highest BCUT2D eigenvalue weighted by Crippen LogP contribution is 2.53. The number of ketones is 1. The van der Waals surface area contributed by atoms with Gasteiger partial charge in [0.1, 0.15) is 19.4 Å². The first-order valence-electron chi connectivity index (χ1n) is 11.7. The van der Waals surface area contributed by atoms with E-state index in [0.29, 0.717) is 22.5 Å². The molecule has 3 aromatic rings. The van der Waals surface area contributed by atoms with Crippen LogP contribution in [0, 0.1) is 0 Å². The van der Waals surface area contributed by atoms with Gasteiger partial charge in [-0.1, -0.05) is 86.9 Å². The van der Waals surface area contributed by atoms with Crippen LogP contribution in [0.25, 0.3) is 11.1 Å². The van der Waals surface area contributed by atoms with Gasteiger partial charge in [-0.25, -0.2) is 0 Å². The Morgan fingerprint density at radius 2 is 1.63 bits per heavy atom. The molecule has 1 heterocycles. The van der Waals surface area contributed by atoms with Crippen LogP contribution in [0.3, 0.4) is 0 Å². The van der Waals surface area contributed by atoms with E-state index in [0.717, 1.165) is 16.5 Å². The predicted molar refractivity (Wildman–Crippen MR) is 143 cm³/mol. The molecule has 0 saturated carbocycles. The van der Waals surface area contributed by atoms with Crippen molar-refractivity contribution >= 4 is 30.4 Å². The van der Waals surface area contributed by atoms with E-state index in [1.54, 1.807) is 6.92 Å². The zero-order chi connectivity index (χ0) is 25.4. The standard InChI is InChI=1S/C30H32O4Si/c1-7-24(22-14-10-8-11-15-22)29(32)20-30(33-3,25-18-19-26(34-25)35(4,5)6)28(31)21(2)27(29)23-16-12-9-13-17-23/h8-19,32H,1,20H2,2-6H3/t29-,30+/m0/s1. The summed E-state index contributed by atoms with van der Waals surface area (Å²) in [6, 6.07) is 22.8. The molecular formula is C30H32O4Si. The summed E-state index contributed by atoms with van der Waals surface area (Å²) in [5.41, 5.74) is 2.85. The number of rotatable bonds is 6. The van der Waals surface area contributed by atoms with Crippen LogP contribution in [-0.2, 0) is 15.1 Å². The van der Waals surface area contributed by atoms with Gasteiger partial charge in [0.25, 0.3) is 0 Å². The minimum atomic E-state index is -1.78. The maximum Gasteiger partial charge on any atom is 0.198 e. The van der Waals surface area contributed by atoms with E-state index in [2.05, 4.69) is 32.0 Å². The van der Waals surface area contributed by atoms with Crippen LogP contribution < -0.4 is 5.38 Å². The smallest absolute Gasteiger partial charge is 0.198 e. The van der Waals surface area contributed by atoms with Crippen molar-refractivity contribution in [2.24, 2.45) is 0 Å². The Balaban J connectivity index is 2.02. The number of methoxy groups -OCH3 is 1. The van der Waals surface area contributed by atoms with E-state index in [9.17, 15) is 9.90 Å². The second-order valence-corrected chi connectivity index (χ2v) is 15.1. The molecule has 0 unspecified atom stereocenters. The first-order chi connectivity index (χ1) is 16.6. The van der Waals surface area contributed by atoms with E-state index >= 15 is 0 Å². The van der Waals surface area contributed by atoms with Crippen molar-refractivity contribution < 1.29 is 19.1 Å². The minimum Gasteiger partial charge on any atom is -0.468 e. The lowest BCUT2D eigenvalue weighted by Gasteiger charge is -2.45. The monoisotopic (exact) mass is 484 g/mol. The summed E-state index contributed by atoms with van der Waals surface area (Å²) in [6.45, 7) is 12.2. The Morgan fingerprint density at radius 1 is 1.03 bits per heavy atom. The third-order valence-corrected chi connectivity index (χ3v) is 8.55. The highest BCUT2D eigenvalue weighted by Gasteiger charge is 2.57. The summed E-state index contributed by atoms with van der Waals surface area (Å²) >= 11 is 0. The molecule has 0 aliphatic heterocycles. The molecule has 0 radical (unpaired) electrons. The van der Waals surface area contributed by atoms with Crippen LogP contribution in [0.5, 0.6) is 0 Å². The topological polar surface area (TPSA) is 59.7 Å². The molecule has 35 heavy (non-hydrogen) atoms. The maximum absolute atomic E-state index is 14.1. The van der Waals surface area contributed by atoms with Crippen LogP contribution in [-0.4, -0.2) is 31.7 Å². The Labute approximate surface area is 208 Å². The highest BCUT2D eigenvalue weighted by atomic mass is 28.3. The van der Waals surface area contributed by atoms with E-state index in [4.69, 9.17) is 9.15 Å². The lowest BCUT2D eigenvalue weighted by Crippen LogP contribution is -2.52. The number of ether oxygens (including phenoxy) is 1. The van der Waals surface area contributed by atoms with Crippen LogP contribution in [0.4, 0.5) is 0 Å². The van der Waals surface area contributed by atoms with Gasteiger partial charge in [-0.3, -0.25) is 4.79 Å². The van der Waals surface area contributed by atoms with Gasteiger partial charge >= 0.3 is 0 Å². The summed E-state index contributed by atoms with van der Waals surface area (Å²) in [7, 11) is -0.284. The summed E-state index contributed by atoms with van der Waals surface area (Å²) in [4.78, 5) is 14.1. The lowest BCUT2D eigenvalue weighted by atomic mass is 9.64. The van der Waals surface area contributed by atoms with Gasteiger partial charge in [-0.2, -0.15) is 0 Å². The Hall–Kier alpha value is -3.21. The fraction of sp³-hybridized carbons (Fsp3) is 0.267. The zero-order valence-corrected chi connectivity index (χ0v) is 22.0.